The van der Waals surface area contributed by atoms with Crippen molar-refractivity contribution in [3.05, 3.63) is 0 Å². The fourth-order valence-electron chi connectivity index (χ4n) is 0.0630. The Morgan fingerprint density at radius 3 is 2.14 bits per heavy atom. The molecule has 0 saturated carbocycles. The number of aliphatic hydroxyl groups excluding tert-OH is 1. The molecule has 0 amide bonds. The Bertz CT molecular complexity index is 32.1. The number of hydrogen-bond acceptors (Lipinski definition) is 2. The summed E-state index contributed by atoms with van der Waals surface area (Å²) in [4.78, 5) is 0. The van der Waals surface area contributed by atoms with E-state index in [2.05, 4.69) is 15.9 Å². The third kappa shape index (κ3) is 6.88. The van der Waals surface area contributed by atoms with Crippen LogP contribution in [0.5, 0.6) is 0 Å². The van der Waals surface area contributed by atoms with Crippen LogP contribution in [0.15, 0.2) is 0 Å². The topological polar surface area (TPSA) is 46.2 Å². The summed E-state index contributed by atoms with van der Waals surface area (Å²) in [5.41, 5.74) is 5.00. The zero-order valence-corrected chi connectivity index (χ0v) is 7.10. The molecule has 0 unspecified atom stereocenters. The average molecular weight is 235 g/mol. The molecule has 0 spiro atoms. The smallest absolute Gasteiger partial charge is 0.0759 e. The lowest BCUT2D eigenvalue weighted by Gasteiger charge is -1.97. The third-order valence-electron chi connectivity index (χ3n) is 0.450. The molecule has 0 aromatic carbocycles. The lowest BCUT2D eigenvalue weighted by Crippen LogP contribution is -2.20. The van der Waals surface area contributed by atoms with Crippen molar-refractivity contribution in [1.82, 2.24) is 0 Å². The van der Waals surface area contributed by atoms with Gasteiger partial charge in [-0.25, -0.2) is 0 Å². The van der Waals surface area contributed by atoms with Crippen LogP contribution in [0.2, 0.25) is 0 Å². The van der Waals surface area contributed by atoms with Crippen LogP contribution in [0.1, 0.15) is 0 Å². The highest BCUT2D eigenvalue weighted by molar-refractivity contribution is 9.09. The second-order valence-corrected chi connectivity index (χ2v) is 1.69. The van der Waals surface area contributed by atoms with Crippen molar-refractivity contribution in [1.29, 1.82) is 0 Å². The lowest BCUT2D eigenvalue weighted by molar-refractivity contribution is 0.209. The first kappa shape index (κ1) is 10.8. The maximum atomic E-state index is 8.49. The number of nitrogens with two attached hydrogens (primary N) is 1. The number of alkyl halides is 1. The Morgan fingerprint density at radius 2 is 2.14 bits per heavy atom. The van der Waals surface area contributed by atoms with Gasteiger partial charge >= 0.3 is 0 Å². The van der Waals surface area contributed by atoms with Gasteiger partial charge in [0.2, 0.25) is 0 Å². The maximum Gasteiger partial charge on any atom is 0.0759 e. The molecule has 0 saturated heterocycles. The van der Waals surface area contributed by atoms with Crippen LogP contribution < -0.4 is 5.73 Å². The monoisotopic (exact) mass is 233 g/mol. The summed E-state index contributed by atoms with van der Waals surface area (Å²) in [6, 6.07) is 0. The first-order valence-corrected chi connectivity index (χ1v) is 2.87. The van der Waals surface area contributed by atoms with Crippen molar-refractivity contribution >= 4 is 32.9 Å². The van der Waals surface area contributed by atoms with Gasteiger partial charge in [-0.3, -0.25) is 0 Å². The molecule has 46 valence electrons. The summed E-state index contributed by atoms with van der Waals surface area (Å²) in [5.74, 6) is 0. The minimum atomic E-state index is -0.370. The van der Waals surface area contributed by atoms with Crippen molar-refractivity contribution in [2.45, 2.75) is 6.10 Å². The molecule has 0 aromatic heterocycles. The standard InChI is InChI=1S/C3H8BrNO.BrH/c4-1-3(6)2-5;/h3,6H,1-2,5H2;1H/t3-;/m1./s1. The molecule has 0 heterocycles. The van der Waals surface area contributed by atoms with Crippen LogP contribution >= 0.6 is 32.9 Å². The molecule has 4 heteroatoms. The Hall–Kier alpha value is 0.880. The number of hydrogen-bond donors (Lipinski definition) is 2. The maximum absolute atomic E-state index is 8.49. The Balaban J connectivity index is 0. The fourth-order valence-corrected chi connectivity index (χ4v) is 0.327. The molecule has 0 aliphatic heterocycles. The third-order valence-corrected chi connectivity index (χ3v) is 1.20. The number of halogens is 2. The summed E-state index contributed by atoms with van der Waals surface area (Å²) < 4.78 is 0. The molecular weight excluding hydrogens is 226 g/mol. The minimum absolute atomic E-state index is 0. The highest BCUT2D eigenvalue weighted by Gasteiger charge is 1.92. The molecule has 7 heavy (non-hydrogen) atoms. The average Bonchev–Trinajstić information content (AvgIpc) is 1.65. The largest absolute Gasteiger partial charge is 0.391 e. The lowest BCUT2D eigenvalue weighted by atomic mass is 10.4. The number of aliphatic hydroxyl groups is 1. The van der Waals surface area contributed by atoms with Crippen LogP contribution in [0, 0.1) is 0 Å². The second-order valence-electron chi connectivity index (χ2n) is 1.04. The van der Waals surface area contributed by atoms with Crippen LogP contribution in [-0.2, 0) is 0 Å². The van der Waals surface area contributed by atoms with Gasteiger partial charge in [-0.1, -0.05) is 15.9 Å². The molecule has 0 radical (unpaired) electrons. The molecule has 1 atom stereocenters. The first-order valence-electron chi connectivity index (χ1n) is 1.75. The summed E-state index contributed by atoms with van der Waals surface area (Å²) in [5, 5.41) is 9.07. The van der Waals surface area contributed by atoms with Gasteiger partial charge in [0.15, 0.2) is 0 Å². The van der Waals surface area contributed by atoms with E-state index in [-0.39, 0.29) is 23.1 Å². The summed E-state index contributed by atoms with van der Waals surface area (Å²) in [6.07, 6.45) is -0.370. The summed E-state index contributed by atoms with van der Waals surface area (Å²) in [7, 11) is 0. The molecule has 2 nitrogen and oxygen atoms in total. The zero-order chi connectivity index (χ0) is 4.99. The van der Waals surface area contributed by atoms with Crippen LogP contribution in [0.4, 0.5) is 0 Å². The van der Waals surface area contributed by atoms with Gasteiger partial charge in [0.25, 0.3) is 0 Å². The van der Waals surface area contributed by atoms with Gasteiger partial charge in [0, 0.05) is 11.9 Å². The molecule has 0 aromatic rings. The Morgan fingerprint density at radius 1 is 1.71 bits per heavy atom. The van der Waals surface area contributed by atoms with Gasteiger partial charge in [-0.05, 0) is 0 Å². The highest BCUT2D eigenvalue weighted by atomic mass is 79.9. The normalized spacial score (nSPS) is 12.4. The summed E-state index contributed by atoms with van der Waals surface area (Å²) in [6.45, 7) is 0.339. The van der Waals surface area contributed by atoms with E-state index in [1.54, 1.807) is 0 Å². The van der Waals surface area contributed by atoms with Gasteiger partial charge in [-0.15, -0.1) is 17.0 Å². The van der Waals surface area contributed by atoms with E-state index in [0.29, 0.717) is 11.9 Å². The van der Waals surface area contributed by atoms with Crippen molar-refractivity contribution < 1.29 is 5.11 Å². The highest BCUT2D eigenvalue weighted by Crippen LogP contribution is 1.84. The molecule has 0 bridgehead atoms. The van der Waals surface area contributed by atoms with E-state index in [0.717, 1.165) is 0 Å². The van der Waals surface area contributed by atoms with Gasteiger partial charge < -0.3 is 10.8 Å². The zero-order valence-electron chi connectivity index (χ0n) is 3.80. The van der Waals surface area contributed by atoms with Gasteiger partial charge in [0.1, 0.15) is 0 Å². The molecule has 0 aliphatic carbocycles. The Kier molecular flexibility index (Phi) is 10.6. The predicted octanol–water partition coefficient (Wildman–Crippen LogP) is 0.279. The van der Waals surface area contributed by atoms with E-state index in [9.17, 15) is 0 Å². The van der Waals surface area contributed by atoms with Gasteiger partial charge in [0.05, 0.1) is 6.10 Å². The van der Waals surface area contributed by atoms with E-state index in [4.69, 9.17) is 10.8 Å². The van der Waals surface area contributed by atoms with Gasteiger partial charge in [-0.2, -0.15) is 0 Å². The van der Waals surface area contributed by atoms with E-state index in [1.165, 1.54) is 0 Å². The first-order chi connectivity index (χ1) is 2.81. The van der Waals surface area contributed by atoms with E-state index < -0.39 is 0 Å². The Labute approximate surface area is 62.0 Å². The van der Waals surface area contributed by atoms with Crippen LogP contribution in [0.25, 0.3) is 0 Å². The fraction of sp³-hybridized carbons (Fsp3) is 1.00. The van der Waals surface area contributed by atoms with E-state index >= 15 is 0 Å². The van der Waals surface area contributed by atoms with Crippen molar-refractivity contribution in [2.75, 3.05) is 11.9 Å². The van der Waals surface area contributed by atoms with Crippen LogP contribution in [0.3, 0.4) is 0 Å². The molecular formula is C3H9Br2NO. The SMILES string of the molecule is Br.NC[C@H](O)CBr. The predicted molar refractivity (Wildman–Crippen MR) is 39.2 cm³/mol. The second kappa shape index (κ2) is 6.88. The van der Waals surface area contributed by atoms with Crippen molar-refractivity contribution in [3.8, 4) is 0 Å². The van der Waals surface area contributed by atoms with Crippen LogP contribution in [-0.4, -0.2) is 23.1 Å². The molecule has 3 N–H and O–H groups in total. The molecule has 0 aliphatic rings. The quantitative estimate of drug-likeness (QED) is 0.675. The van der Waals surface area contributed by atoms with Crippen molar-refractivity contribution in [3.63, 3.8) is 0 Å². The number of rotatable bonds is 2. The summed E-state index contributed by atoms with van der Waals surface area (Å²) >= 11 is 3.04. The molecule has 0 rings (SSSR count). The molecule has 0 fully saturated rings. The van der Waals surface area contributed by atoms with Crippen molar-refractivity contribution in [2.24, 2.45) is 5.73 Å². The minimum Gasteiger partial charge on any atom is -0.391 e. The van der Waals surface area contributed by atoms with E-state index in [1.807, 2.05) is 0 Å².